The average molecular weight is 347 g/mol. The van der Waals surface area contributed by atoms with E-state index < -0.39 is 0 Å². The number of Topliss-reactive ketones (excluding diaryl/α,β-unsaturated/α-hetero) is 1. The number of aromatic nitrogens is 2. The molecule has 1 aromatic carbocycles. The molecule has 1 amide bonds. The largest absolute Gasteiger partial charge is 0.497 e. The highest BCUT2D eigenvalue weighted by Gasteiger charge is 2.12. The molecule has 0 atom stereocenters. The minimum atomic E-state index is -0.232. The molecule has 0 radical (unpaired) electrons. The van der Waals surface area contributed by atoms with E-state index in [0.29, 0.717) is 22.4 Å². The van der Waals surface area contributed by atoms with E-state index >= 15 is 0 Å². The first-order valence-corrected chi connectivity index (χ1v) is 8.59. The number of methoxy groups -OCH3 is 1. The molecule has 0 saturated heterocycles. The van der Waals surface area contributed by atoms with Gasteiger partial charge in [0, 0.05) is 24.8 Å². The van der Waals surface area contributed by atoms with Crippen molar-refractivity contribution in [1.82, 2.24) is 10.2 Å². The molecule has 7 heteroatoms. The van der Waals surface area contributed by atoms with Crippen LogP contribution in [0, 0.1) is 5.92 Å². The monoisotopic (exact) mass is 347 g/mol. The number of benzene rings is 1. The summed E-state index contributed by atoms with van der Waals surface area (Å²) in [5.74, 6) is 0.871. The molecule has 0 bridgehead atoms. The molecule has 2 aromatic rings. The van der Waals surface area contributed by atoms with Gasteiger partial charge in [-0.15, -0.1) is 10.2 Å². The van der Waals surface area contributed by atoms with Crippen molar-refractivity contribution in [2.24, 2.45) is 5.92 Å². The van der Waals surface area contributed by atoms with Crippen LogP contribution in [0.2, 0.25) is 0 Å². The van der Waals surface area contributed by atoms with E-state index in [4.69, 9.17) is 4.74 Å². The first kappa shape index (κ1) is 18.1. The van der Waals surface area contributed by atoms with Gasteiger partial charge in [0.2, 0.25) is 11.0 Å². The third-order valence-corrected chi connectivity index (χ3v) is 4.15. The lowest BCUT2D eigenvalue weighted by Crippen LogP contribution is -2.13. The molecule has 0 spiro atoms. The number of carbonyl (C=O) groups excluding carboxylic acids is 2. The summed E-state index contributed by atoms with van der Waals surface area (Å²) in [6.45, 7) is 4.20. The minimum Gasteiger partial charge on any atom is -0.497 e. The molecule has 1 heterocycles. The third kappa shape index (κ3) is 5.42. The summed E-state index contributed by atoms with van der Waals surface area (Å²) in [5.41, 5.74) is 0.568. The van der Waals surface area contributed by atoms with Crippen molar-refractivity contribution in [3.05, 3.63) is 34.8 Å². The summed E-state index contributed by atoms with van der Waals surface area (Å²) in [4.78, 5) is 24.0. The average Bonchev–Trinajstić information content (AvgIpc) is 2.98. The quantitative estimate of drug-likeness (QED) is 0.741. The molecule has 0 fully saturated rings. The van der Waals surface area contributed by atoms with Crippen molar-refractivity contribution in [3.8, 4) is 5.75 Å². The fourth-order valence-corrected chi connectivity index (χ4v) is 3.03. The normalized spacial score (nSPS) is 10.7. The van der Waals surface area contributed by atoms with E-state index in [9.17, 15) is 9.59 Å². The van der Waals surface area contributed by atoms with Gasteiger partial charge in [-0.1, -0.05) is 25.2 Å². The van der Waals surface area contributed by atoms with Crippen LogP contribution in [0.15, 0.2) is 24.3 Å². The smallest absolute Gasteiger partial charge is 0.226 e. The minimum absolute atomic E-state index is 0.0782. The maximum atomic E-state index is 12.1. The fraction of sp³-hybridized carbons (Fsp3) is 0.412. The molecule has 1 N–H and O–H groups in total. The third-order valence-electron chi connectivity index (χ3n) is 3.29. The Hall–Kier alpha value is -2.28. The van der Waals surface area contributed by atoms with Crippen molar-refractivity contribution in [3.63, 3.8) is 0 Å². The lowest BCUT2D eigenvalue weighted by atomic mass is 10.1. The van der Waals surface area contributed by atoms with E-state index in [2.05, 4.69) is 29.4 Å². The Morgan fingerprint density at radius 3 is 2.50 bits per heavy atom. The zero-order valence-electron chi connectivity index (χ0n) is 14.0. The molecule has 2 rings (SSSR count). The number of carbonyl (C=O) groups is 2. The van der Waals surface area contributed by atoms with Gasteiger partial charge >= 0.3 is 0 Å². The van der Waals surface area contributed by atoms with Crippen molar-refractivity contribution < 1.29 is 14.3 Å². The van der Waals surface area contributed by atoms with E-state index in [-0.39, 0.29) is 24.5 Å². The Kier molecular flexibility index (Phi) is 6.43. The highest BCUT2D eigenvalue weighted by atomic mass is 32.1. The second-order valence-corrected chi connectivity index (χ2v) is 6.86. The van der Waals surface area contributed by atoms with Gasteiger partial charge in [-0.05, 0) is 30.2 Å². The van der Waals surface area contributed by atoms with Crippen LogP contribution in [-0.2, 0) is 11.2 Å². The van der Waals surface area contributed by atoms with Crippen molar-refractivity contribution in [2.75, 3.05) is 12.4 Å². The fourth-order valence-electron chi connectivity index (χ4n) is 2.07. The predicted molar refractivity (Wildman–Crippen MR) is 93.6 cm³/mol. The highest BCUT2D eigenvalue weighted by Crippen LogP contribution is 2.19. The second-order valence-electron chi connectivity index (χ2n) is 5.80. The van der Waals surface area contributed by atoms with Crippen LogP contribution in [0.3, 0.4) is 0 Å². The maximum Gasteiger partial charge on any atom is 0.226 e. The Morgan fingerprint density at radius 2 is 1.88 bits per heavy atom. The van der Waals surface area contributed by atoms with Crippen molar-refractivity contribution >= 4 is 28.2 Å². The Morgan fingerprint density at radius 1 is 1.17 bits per heavy atom. The van der Waals surface area contributed by atoms with Gasteiger partial charge in [0.15, 0.2) is 5.78 Å². The standard InChI is InChI=1S/C17H21N3O3S/c1-11(2)10-16-19-20-17(24-16)18-15(22)9-8-14(21)12-4-6-13(23-3)7-5-12/h4-7,11H,8-10H2,1-3H3,(H,18,20,22). The van der Waals surface area contributed by atoms with Gasteiger partial charge in [-0.3, -0.25) is 9.59 Å². The van der Waals surface area contributed by atoms with E-state index in [0.717, 1.165) is 11.4 Å². The molecular formula is C17H21N3O3S. The van der Waals surface area contributed by atoms with Gasteiger partial charge in [0.05, 0.1) is 7.11 Å². The Bertz CT molecular complexity index is 695. The number of nitrogens with zero attached hydrogens (tertiary/aromatic N) is 2. The number of ether oxygens (including phenoxy) is 1. The second kappa shape index (κ2) is 8.54. The zero-order chi connectivity index (χ0) is 17.5. The SMILES string of the molecule is COc1ccc(C(=O)CCC(=O)Nc2nnc(CC(C)C)s2)cc1. The molecule has 1 aromatic heterocycles. The van der Waals surface area contributed by atoms with Crippen LogP contribution in [0.1, 0.15) is 42.1 Å². The van der Waals surface area contributed by atoms with Crippen LogP contribution >= 0.6 is 11.3 Å². The maximum absolute atomic E-state index is 12.1. The highest BCUT2D eigenvalue weighted by molar-refractivity contribution is 7.15. The summed E-state index contributed by atoms with van der Waals surface area (Å²) in [6.07, 6.45) is 1.10. The van der Waals surface area contributed by atoms with Gasteiger partial charge in [0.25, 0.3) is 0 Å². The van der Waals surface area contributed by atoms with Crippen molar-refractivity contribution in [1.29, 1.82) is 0 Å². The molecule has 6 nitrogen and oxygen atoms in total. The predicted octanol–water partition coefficient (Wildman–Crippen LogP) is 3.35. The van der Waals surface area contributed by atoms with Gasteiger partial charge in [-0.25, -0.2) is 0 Å². The lowest BCUT2D eigenvalue weighted by Gasteiger charge is -2.03. The number of hydrogen-bond donors (Lipinski definition) is 1. The number of anilines is 1. The number of amides is 1. The van der Waals surface area contributed by atoms with Crippen LogP contribution in [0.5, 0.6) is 5.75 Å². The molecule has 0 aliphatic carbocycles. The van der Waals surface area contributed by atoms with E-state index in [1.165, 1.54) is 11.3 Å². The number of ketones is 1. The molecule has 0 unspecified atom stereocenters. The summed E-state index contributed by atoms with van der Waals surface area (Å²) in [6, 6.07) is 6.85. The van der Waals surface area contributed by atoms with Crippen LogP contribution in [0.25, 0.3) is 0 Å². The molecule has 0 saturated carbocycles. The van der Waals surface area contributed by atoms with Crippen molar-refractivity contribution in [2.45, 2.75) is 33.1 Å². The molecule has 128 valence electrons. The molecule has 0 aliphatic heterocycles. The van der Waals surface area contributed by atoms with Crippen LogP contribution in [0.4, 0.5) is 5.13 Å². The number of nitrogens with one attached hydrogen (secondary N) is 1. The van der Waals surface area contributed by atoms with Gasteiger partial charge in [0.1, 0.15) is 10.8 Å². The van der Waals surface area contributed by atoms with E-state index in [1.807, 2.05) is 0 Å². The summed E-state index contributed by atoms with van der Waals surface area (Å²) >= 11 is 1.37. The summed E-state index contributed by atoms with van der Waals surface area (Å²) < 4.78 is 5.05. The van der Waals surface area contributed by atoms with Crippen LogP contribution in [-0.4, -0.2) is 29.0 Å². The molecular weight excluding hydrogens is 326 g/mol. The number of rotatable bonds is 8. The Labute approximate surface area is 145 Å². The topological polar surface area (TPSA) is 81.2 Å². The Balaban J connectivity index is 1.81. The summed E-state index contributed by atoms with van der Waals surface area (Å²) in [5, 5.41) is 12.1. The number of hydrogen-bond acceptors (Lipinski definition) is 6. The first-order valence-electron chi connectivity index (χ1n) is 7.77. The van der Waals surface area contributed by atoms with Gasteiger partial charge < -0.3 is 10.1 Å². The summed E-state index contributed by atoms with van der Waals surface area (Å²) in [7, 11) is 1.57. The lowest BCUT2D eigenvalue weighted by molar-refractivity contribution is -0.116. The zero-order valence-corrected chi connectivity index (χ0v) is 14.9. The van der Waals surface area contributed by atoms with Crippen LogP contribution < -0.4 is 10.1 Å². The molecule has 24 heavy (non-hydrogen) atoms. The van der Waals surface area contributed by atoms with Gasteiger partial charge in [-0.2, -0.15) is 0 Å². The molecule has 0 aliphatic rings. The van der Waals surface area contributed by atoms with E-state index in [1.54, 1.807) is 31.4 Å². The first-order chi connectivity index (χ1) is 11.5.